The molecule has 0 aliphatic rings. The first-order chi connectivity index (χ1) is 17.9. The van der Waals surface area contributed by atoms with Gasteiger partial charge >= 0.3 is 17.8 Å². The van der Waals surface area contributed by atoms with Gasteiger partial charge in [-0.3, -0.25) is 9.36 Å². The third-order valence-corrected chi connectivity index (χ3v) is 5.68. The highest BCUT2D eigenvalue weighted by molar-refractivity contribution is 6.30. The van der Waals surface area contributed by atoms with E-state index in [9.17, 15) is 27.9 Å². The van der Waals surface area contributed by atoms with E-state index in [4.69, 9.17) is 16.3 Å². The molecule has 0 saturated carbocycles. The number of para-hydroxylation sites is 1. The molecule has 0 amide bonds. The summed E-state index contributed by atoms with van der Waals surface area (Å²) in [7, 11) is 0. The van der Waals surface area contributed by atoms with Gasteiger partial charge in [0.15, 0.2) is 29.7 Å². The van der Waals surface area contributed by atoms with Crippen LogP contribution >= 0.6 is 11.6 Å². The lowest BCUT2D eigenvalue weighted by molar-refractivity contribution is -0.207. The van der Waals surface area contributed by atoms with E-state index in [1.54, 1.807) is 37.3 Å². The van der Waals surface area contributed by atoms with Crippen LogP contribution < -0.4 is 5.69 Å². The number of halogens is 4. The first kappa shape index (κ1) is 27.1. The van der Waals surface area contributed by atoms with Gasteiger partial charge in [-0.2, -0.15) is 13.2 Å². The molecule has 0 saturated heterocycles. The van der Waals surface area contributed by atoms with Crippen LogP contribution in [0.2, 0.25) is 5.02 Å². The van der Waals surface area contributed by atoms with Crippen molar-refractivity contribution in [2.24, 2.45) is 0 Å². The van der Waals surface area contributed by atoms with E-state index in [1.165, 1.54) is 35.9 Å². The van der Waals surface area contributed by atoms with E-state index in [0.29, 0.717) is 16.3 Å². The molecule has 0 aliphatic carbocycles. The van der Waals surface area contributed by atoms with Crippen LogP contribution in [0.3, 0.4) is 0 Å². The SMILES string of the molecule is CC(=O)O[C@@H](C)c1nc(Cn2nc(-c3ccc(Cl)cc3)n(C[C@H](O)C(F)(F)F)c2=O)nn1-c1ccccc1. The van der Waals surface area contributed by atoms with E-state index in [-0.39, 0.29) is 24.0 Å². The molecule has 2 aromatic carbocycles. The number of carbonyl (C=O) groups excluding carboxylic acids is 1. The third-order valence-electron chi connectivity index (χ3n) is 5.43. The zero-order chi connectivity index (χ0) is 27.6. The summed E-state index contributed by atoms with van der Waals surface area (Å²) < 4.78 is 47.7. The van der Waals surface area contributed by atoms with E-state index < -0.39 is 36.6 Å². The number of hydrogen-bond donors (Lipinski definition) is 1. The molecule has 4 aromatic rings. The maximum absolute atomic E-state index is 13.2. The molecule has 4 rings (SSSR count). The summed E-state index contributed by atoms with van der Waals surface area (Å²) in [5.41, 5.74) is 0.00347. The van der Waals surface area contributed by atoms with Crippen LogP contribution in [0.25, 0.3) is 17.1 Å². The summed E-state index contributed by atoms with van der Waals surface area (Å²) in [5.74, 6) is -0.286. The van der Waals surface area contributed by atoms with Gasteiger partial charge < -0.3 is 9.84 Å². The molecule has 38 heavy (non-hydrogen) atoms. The lowest BCUT2D eigenvalue weighted by Crippen LogP contribution is -2.37. The number of hydrogen-bond acceptors (Lipinski definition) is 7. The minimum absolute atomic E-state index is 0.0913. The molecule has 1 N–H and O–H groups in total. The quantitative estimate of drug-likeness (QED) is 0.333. The summed E-state index contributed by atoms with van der Waals surface area (Å²) in [6.07, 6.45) is -8.54. The Morgan fingerprint density at radius 3 is 2.37 bits per heavy atom. The summed E-state index contributed by atoms with van der Waals surface area (Å²) in [6, 6.07) is 14.8. The Morgan fingerprint density at radius 1 is 1.11 bits per heavy atom. The van der Waals surface area contributed by atoms with Gasteiger partial charge in [-0.15, -0.1) is 10.2 Å². The second-order valence-electron chi connectivity index (χ2n) is 8.32. The highest BCUT2D eigenvalue weighted by atomic mass is 35.5. The highest BCUT2D eigenvalue weighted by Crippen LogP contribution is 2.24. The summed E-state index contributed by atoms with van der Waals surface area (Å²) in [5, 5.41) is 18.7. The zero-order valence-corrected chi connectivity index (χ0v) is 20.9. The topological polar surface area (TPSA) is 117 Å². The maximum Gasteiger partial charge on any atom is 0.416 e. The number of rotatable bonds is 8. The van der Waals surface area contributed by atoms with Crippen LogP contribution in [-0.2, 0) is 22.6 Å². The number of aromatic nitrogens is 6. The lowest BCUT2D eigenvalue weighted by atomic mass is 10.2. The predicted octanol–water partition coefficient (Wildman–Crippen LogP) is 3.54. The fraction of sp³-hybridized carbons (Fsp3) is 0.292. The standard InChI is InChI=1S/C24H22ClF3N6O4/c1-14(38-15(2)35)21-29-20(30-34(21)18-6-4-3-5-7-18)13-33-23(37)32(12-19(36)24(26,27)28)22(31-33)16-8-10-17(25)11-9-16/h3-11,14,19,36H,12-13H2,1-2H3/t14-,19-/m0/s1. The van der Waals surface area contributed by atoms with Crippen LogP contribution in [0.1, 0.15) is 31.6 Å². The fourth-order valence-corrected chi connectivity index (χ4v) is 3.82. The van der Waals surface area contributed by atoms with Crippen molar-refractivity contribution in [3.05, 3.63) is 81.8 Å². The van der Waals surface area contributed by atoms with Crippen molar-refractivity contribution in [3.63, 3.8) is 0 Å². The first-order valence-electron chi connectivity index (χ1n) is 11.3. The van der Waals surface area contributed by atoms with Crippen LogP contribution in [0, 0.1) is 0 Å². The molecule has 2 aromatic heterocycles. The monoisotopic (exact) mass is 550 g/mol. The van der Waals surface area contributed by atoms with Crippen LogP contribution in [0.4, 0.5) is 13.2 Å². The molecule has 0 unspecified atom stereocenters. The predicted molar refractivity (Wildman–Crippen MR) is 130 cm³/mol. The number of carbonyl (C=O) groups is 1. The number of aliphatic hydroxyl groups excluding tert-OH is 1. The largest absolute Gasteiger partial charge is 0.455 e. The molecule has 0 bridgehead atoms. The molecule has 2 heterocycles. The molecular weight excluding hydrogens is 529 g/mol. The Bertz CT molecular complexity index is 1480. The van der Waals surface area contributed by atoms with Crippen molar-refractivity contribution >= 4 is 17.6 Å². The average molecular weight is 551 g/mol. The van der Waals surface area contributed by atoms with Gasteiger partial charge in [0.05, 0.1) is 12.2 Å². The lowest BCUT2D eigenvalue weighted by Gasteiger charge is -2.15. The van der Waals surface area contributed by atoms with Gasteiger partial charge in [-0.25, -0.2) is 19.1 Å². The van der Waals surface area contributed by atoms with Crippen LogP contribution in [0.15, 0.2) is 59.4 Å². The van der Waals surface area contributed by atoms with Gasteiger partial charge in [-0.1, -0.05) is 29.8 Å². The minimum atomic E-state index is -4.95. The minimum Gasteiger partial charge on any atom is -0.455 e. The Balaban J connectivity index is 1.77. The number of alkyl halides is 3. The average Bonchev–Trinajstić information content (AvgIpc) is 3.41. The van der Waals surface area contributed by atoms with Gasteiger partial charge in [-0.05, 0) is 43.3 Å². The Hall–Kier alpha value is -3.97. The van der Waals surface area contributed by atoms with Gasteiger partial charge in [0.25, 0.3) is 0 Å². The van der Waals surface area contributed by atoms with Gasteiger partial charge in [0.1, 0.15) is 6.54 Å². The van der Waals surface area contributed by atoms with Crippen molar-refractivity contribution in [3.8, 4) is 17.1 Å². The molecule has 2 atom stereocenters. The van der Waals surface area contributed by atoms with E-state index in [0.717, 1.165) is 9.25 Å². The molecule has 0 spiro atoms. The third kappa shape index (κ3) is 5.94. The van der Waals surface area contributed by atoms with E-state index >= 15 is 0 Å². The van der Waals surface area contributed by atoms with Crippen LogP contribution in [-0.4, -0.2) is 52.5 Å². The number of esters is 1. The summed E-state index contributed by atoms with van der Waals surface area (Å²) in [6.45, 7) is 1.47. The first-order valence-corrected chi connectivity index (χ1v) is 11.7. The molecule has 200 valence electrons. The number of ether oxygens (including phenoxy) is 1. The van der Waals surface area contributed by atoms with Gasteiger partial charge in [0.2, 0.25) is 0 Å². The molecular formula is C24H22ClF3N6O4. The van der Waals surface area contributed by atoms with Crippen molar-refractivity contribution in [2.75, 3.05) is 0 Å². The number of aliphatic hydroxyl groups is 1. The van der Waals surface area contributed by atoms with Crippen molar-refractivity contribution in [2.45, 2.75) is 45.3 Å². The summed E-state index contributed by atoms with van der Waals surface area (Å²) in [4.78, 5) is 29.1. The van der Waals surface area contributed by atoms with Gasteiger partial charge in [0, 0.05) is 17.5 Å². The van der Waals surface area contributed by atoms with Crippen molar-refractivity contribution < 1.29 is 27.8 Å². The van der Waals surface area contributed by atoms with E-state index in [1.807, 2.05) is 0 Å². The molecule has 0 fully saturated rings. The second kappa shape index (κ2) is 10.8. The van der Waals surface area contributed by atoms with Crippen LogP contribution in [0.5, 0.6) is 0 Å². The molecule has 10 nitrogen and oxygen atoms in total. The molecule has 0 aliphatic heterocycles. The fourth-order valence-electron chi connectivity index (χ4n) is 3.69. The normalized spacial score (nSPS) is 13.3. The smallest absolute Gasteiger partial charge is 0.416 e. The van der Waals surface area contributed by atoms with Crippen molar-refractivity contribution in [1.82, 2.24) is 29.1 Å². The Labute approximate surface area is 218 Å². The molecule has 14 heteroatoms. The zero-order valence-electron chi connectivity index (χ0n) is 20.1. The van der Waals surface area contributed by atoms with E-state index in [2.05, 4.69) is 15.2 Å². The molecule has 0 radical (unpaired) electrons. The highest BCUT2D eigenvalue weighted by Gasteiger charge is 2.39. The number of benzene rings is 2. The Morgan fingerprint density at radius 2 is 1.76 bits per heavy atom. The Kier molecular flexibility index (Phi) is 7.69. The maximum atomic E-state index is 13.2. The summed E-state index contributed by atoms with van der Waals surface area (Å²) >= 11 is 5.92. The second-order valence-corrected chi connectivity index (χ2v) is 8.76. The van der Waals surface area contributed by atoms with Crippen molar-refractivity contribution in [1.29, 1.82) is 0 Å². The number of nitrogens with zero attached hydrogens (tertiary/aromatic N) is 6.